The first kappa shape index (κ1) is 41.2. The van der Waals surface area contributed by atoms with Gasteiger partial charge in [-0.05, 0) is 111 Å². The Morgan fingerprint density at radius 1 is 0.954 bits per heavy atom. The molecule has 3 aliphatic heterocycles. The molecule has 16 heteroatoms. The molecule has 3 aromatic carbocycles. The normalized spacial score (nSPS) is 20.7. The molecule has 0 radical (unpaired) electrons. The summed E-state index contributed by atoms with van der Waals surface area (Å²) in [5.41, 5.74) is 5.21. The number of sulfonamides is 1. The Morgan fingerprint density at radius 2 is 1.74 bits per heavy atom. The highest BCUT2D eigenvalue weighted by Gasteiger charge is 2.47. The molecule has 11 rings (SSSR count). The van der Waals surface area contributed by atoms with E-state index in [2.05, 4.69) is 59.1 Å². The van der Waals surface area contributed by atoms with E-state index in [1.54, 1.807) is 41.6 Å². The first-order chi connectivity index (χ1) is 31.6. The zero-order valence-corrected chi connectivity index (χ0v) is 36.6. The summed E-state index contributed by atoms with van der Waals surface area (Å²) in [7, 11) is -4.75. The fraction of sp³-hybridized carbons (Fsp3) is 0.367. The molecule has 1 amide bonds. The van der Waals surface area contributed by atoms with Gasteiger partial charge < -0.3 is 24.7 Å². The van der Waals surface area contributed by atoms with Crippen LogP contribution >= 0.6 is 0 Å². The first-order valence-electron chi connectivity index (χ1n) is 22.6. The number of pyridine rings is 2. The summed E-state index contributed by atoms with van der Waals surface area (Å²) >= 11 is 0. The fourth-order valence-electron chi connectivity index (χ4n) is 10.7. The molecule has 65 heavy (non-hydrogen) atoms. The molecule has 1 spiro atoms. The van der Waals surface area contributed by atoms with E-state index < -0.39 is 31.6 Å². The molecule has 5 aliphatic rings. The van der Waals surface area contributed by atoms with Crippen molar-refractivity contribution in [2.24, 2.45) is 5.41 Å². The number of likely N-dealkylation sites (tertiary alicyclic amines) is 1. The van der Waals surface area contributed by atoms with Gasteiger partial charge in [-0.3, -0.25) is 19.8 Å². The van der Waals surface area contributed by atoms with Gasteiger partial charge in [-0.2, -0.15) is 13.4 Å². The molecule has 2 saturated carbocycles. The number of benzene rings is 3. The lowest BCUT2D eigenvalue weighted by Crippen LogP contribution is -2.59. The third-order valence-corrected chi connectivity index (χ3v) is 15.3. The highest BCUT2D eigenvalue weighted by Crippen LogP contribution is 2.51. The van der Waals surface area contributed by atoms with Crippen LogP contribution in [0, 0.1) is 15.5 Å². The van der Waals surface area contributed by atoms with Crippen LogP contribution in [0.15, 0.2) is 108 Å². The summed E-state index contributed by atoms with van der Waals surface area (Å²) in [4.78, 5) is 42.4. The quantitative estimate of drug-likeness (QED) is 0.0786. The number of aromatic amines is 1. The van der Waals surface area contributed by atoms with Gasteiger partial charge in [-0.25, -0.2) is 9.71 Å². The summed E-state index contributed by atoms with van der Waals surface area (Å²) in [6.45, 7) is 2.99. The van der Waals surface area contributed by atoms with Crippen molar-refractivity contribution >= 4 is 44.0 Å². The molecule has 334 valence electrons. The van der Waals surface area contributed by atoms with Gasteiger partial charge in [-0.15, -0.1) is 0 Å². The molecule has 3 N–H and O–H groups in total. The smallest absolute Gasteiger partial charge is 0.300 e. The largest absolute Gasteiger partial charge is 0.474 e. The molecule has 2 aliphatic carbocycles. The third kappa shape index (κ3) is 8.13. The Morgan fingerprint density at radius 3 is 2.52 bits per heavy atom. The van der Waals surface area contributed by atoms with Crippen molar-refractivity contribution in [2.75, 3.05) is 36.5 Å². The molecule has 6 aromatic rings. The van der Waals surface area contributed by atoms with Gasteiger partial charge in [-0.1, -0.05) is 54.6 Å². The van der Waals surface area contributed by atoms with Gasteiger partial charge in [0.15, 0.2) is 10.7 Å². The second kappa shape index (κ2) is 16.5. The lowest BCUT2D eigenvalue weighted by atomic mass is 9.67. The molecule has 0 bridgehead atoms. The molecule has 3 aromatic heterocycles. The van der Waals surface area contributed by atoms with Gasteiger partial charge in [0, 0.05) is 53.9 Å². The average molecular weight is 895 g/mol. The van der Waals surface area contributed by atoms with E-state index in [9.17, 15) is 23.3 Å². The lowest BCUT2D eigenvalue weighted by Gasteiger charge is -2.55. The summed E-state index contributed by atoms with van der Waals surface area (Å²) in [6.07, 6.45) is 13.6. The molecule has 6 heterocycles. The van der Waals surface area contributed by atoms with Crippen LogP contribution in [0.3, 0.4) is 0 Å². The number of fused-ring (bicyclic) bond motifs is 2. The van der Waals surface area contributed by atoms with Crippen molar-refractivity contribution in [3.8, 4) is 17.4 Å². The predicted molar refractivity (Wildman–Crippen MR) is 245 cm³/mol. The molecular weight excluding hydrogens is 845 g/mol. The predicted octanol–water partition coefficient (Wildman–Crippen LogP) is 8.66. The zero-order chi connectivity index (χ0) is 44.3. The van der Waals surface area contributed by atoms with Gasteiger partial charge in [0.1, 0.15) is 23.8 Å². The monoisotopic (exact) mass is 894 g/mol. The summed E-state index contributed by atoms with van der Waals surface area (Å²) < 4.78 is 41.9. The number of anilines is 2. The first-order valence-corrected chi connectivity index (χ1v) is 24.1. The number of nitrogens with one attached hydrogen (secondary N) is 3. The van der Waals surface area contributed by atoms with E-state index >= 15 is 0 Å². The van der Waals surface area contributed by atoms with Crippen molar-refractivity contribution < 1.29 is 27.6 Å². The van der Waals surface area contributed by atoms with Crippen LogP contribution in [0.25, 0.3) is 11.0 Å². The molecule has 2 saturated heterocycles. The molecular formula is C49H50N8O7S. The molecule has 2 atom stereocenters. The Bertz CT molecular complexity index is 2910. The second-order valence-corrected chi connectivity index (χ2v) is 20.1. The van der Waals surface area contributed by atoms with E-state index in [1.807, 2.05) is 36.4 Å². The number of aromatic nitrogens is 3. The van der Waals surface area contributed by atoms with Crippen LogP contribution < -0.4 is 24.4 Å². The van der Waals surface area contributed by atoms with Crippen LogP contribution in [-0.2, 0) is 16.4 Å². The standard InChI is InChI=1S/C49H50N8O7S/c58-47(54-65(61,62)44-26-42(57(59)60)45-48(53-44)63-28-34(52-45)23-31-7-2-1-3-8-31)40-15-14-36(25-43(40)64-37-24-33-18-21-50-46(33)51-27-37)55-29-49(30-55)19-16-35(17-20-49)56-22-6-11-41(56)39-10-5-4-9-38(39)32-12-13-32/h1-5,7-10,14-15,18,21,24-27,32,34-35,41,52H,6,11-13,16-17,19-20,22-23,28-30H2,(H,50,51)(H,54,58)/t34?,41-/m0/s1. The van der Waals surface area contributed by atoms with E-state index in [4.69, 9.17) is 9.47 Å². The highest BCUT2D eigenvalue weighted by molar-refractivity contribution is 7.90. The average Bonchev–Trinajstić information content (AvgIpc) is 3.84. The number of H-pyrrole nitrogens is 1. The minimum atomic E-state index is -4.75. The van der Waals surface area contributed by atoms with E-state index in [-0.39, 0.29) is 40.9 Å². The van der Waals surface area contributed by atoms with Crippen LogP contribution in [0.2, 0.25) is 0 Å². The van der Waals surface area contributed by atoms with Crippen LogP contribution in [0.1, 0.15) is 90.4 Å². The SMILES string of the molecule is O=C(NS(=O)(=O)c1cc([N+](=O)[O-])c2c(n1)OCC(Cc1ccccc1)N2)c1ccc(N2CC3(CCC(N4CCC[C@H]4c4ccccc4C4CC4)CC3)C2)cc1Oc1cnc2[nH]ccc2c1. The number of ether oxygens (including phenoxy) is 2. The van der Waals surface area contributed by atoms with E-state index in [0.29, 0.717) is 29.9 Å². The highest BCUT2D eigenvalue weighted by atomic mass is 32.2. The maximum Gasteiger partial charge on any atom is 0.300 e. The maximum atomic E-state index is 14.0. The Hall–Kier alpha value is -6.52. The van der Waals surface area contributed by atoms with Gasteiger partial charge in [0.2, 0.25) is 5.88 Å². The van der Waals surface area contributed by atoms with Crippen molar-refractivity contribution in [3.63, 3.8) is 0 Å². The van der Waals surface area contributed by atoms with Crippen molar-refractivity contribution in [3.05, 3.63) is 136 Å². The number of hydrogen-bond acceptors (Lipinski definition) is 12. The van der Waals surface area contributed by atoms with Crippen LogP contribution in [0.5, 0.6) is 17.4 Å². The number of rotatable bonds is 12. The van der Waals surface area contributed by atoms with Gasteiger partial charge in [0.05, 0.1) is 28.8 Å². The molecule has 15 nitrogen and oxygen atoms in total. The number of nitro groups is 1. The van der Waals surface area contributed by atoms with Crippen LogP contribution in [0.4, 0.5) is 17.1 Å². The van der Waals surface area contributed by atoms with Crippen LogP contribution in [-0.4, -0.2) is 77.4 Å². The fourth-order valence-corrected chi connectivity index (χ4v) is 11.6. The Balaban J connectivity index is 0.804. The topological polar surface area (TPSA) is 185 Å². The number of carbonyl (C=O) groups excluding carboxylic acids is 1. The number of carbonyl (C=O) groups is 1. The van der Waals surface area contributed by atoms with E-state index in [0.717, 1.165) is 61.1 Å². The van der Waals surface area contributed by atoms with Crippen molar-refractivity contribution in [2.45, 2.75) is 86.9 Å². The summed E-state index contributed by atoms with van der Waals surface area (Å²) in [5.74, 6) is -0.0172. The lowest BCUT2D eigenvalue weighted by molar-refractivity contribution is -0.384. The Kier molecular flexibility index (Phi) is 10.4. The molecule has 4 fully saturated rings. The maximum absolute atomic E-state index is 14.0. The summed E-state index contributed by atoms with van der Waals surface area (Å²) in [6, 6.07) is 29.1. The van der Waals surface area contributed by atoms with E-state index in [1.165, 1.54) is 44.7 Å². The minimum Gasteiger partial charge on any atom is -0.474 e. The Labute approximate surface area is 376 Å². The van der Waals surface area contributed by atoms with Gasteiger partial charge in [0.25, 0.3) is 15.9 Å². The minimum absolute atomic E-state index is 0.0296. The third-order valence-electron chi connectivity index (χ3n) is 14.1. The number of nitrogens with zero attached hydrogens (tertiary/aromatic N) is 5. The number of amides is 1. The zero-order valence-electron chi connectivity index (χ0n) is 35.8. The second-order valence-electron chi connectivity index (χ2n) is 18.4. The van der Waals surface area contributed by atoms with Crippen molar-refractivity contribution in [1.82, 2.24) is 24.6 Å². The van der Waals surface area contributed by atoms with Crippen molar-refractivity contribution in [1.29, 1.82) is 0 Å². The van der Waals surface area contributed by atoms with Gasteiger partial charge >= 0.3 is 5.69 Å². The molecule has 1 unspecified atom stereocenters. The number of hydrogen-bond donors (Lipinski definition) is 3. The summed E-state index contributed by atoms with van der Waals surface area (Å²) in [5, 5.41) is 15.5.